The maximum atomic E-state index is 12.8. The zero-order valence-electron chi connectivity index (χ0n) is 9.87. The summed E-state index contributed by atoms with van der Waals surface area (Å²) in [5.41, 5.74) is 0.974. The van der Waals surface area contributed by atoms with Crippen molar-refractivity contribution in [1.82, 2.24) is 0 Å². The Labute approximate surface area is 95.4 Å². The highest BCUT2D eigenvalue weighted by Crippen LogP contribution is 2.28. The third-order valence-electron chi connectivity index (χ3n) is 2.72. The number of ether oxygens (including phenoxy) is 1. The molecular formula is C13H17FO2. The lowest BCUT2D eigenvalue weighted by Crippen LogP contribution is -2.13. The predicted octanol–water partition coefficient (Wildman–Crippen LogP) is 3.13. The van der Waals surface area contributed by atoms with Gasteiger partial charge in [0.25, 0.3) is 0 Å². The number of benzene rings is 1. The van der Waals surface area contributed by atoms with Crippen LogP contribution in [0.3, 0.4) is 0 Å². The van der Waals surface area contributed by atoms with Crippen LogP contribution in [0.5, 0.6) is 0 Å². The molecule has 0 saturated heterocycles. The minimum absolute atomic E-state index is 0.0769. The van der Waals surface area contributed by atoms with Crippen molar-refractivity contribution in [2.75, 3.05) is 7.11 Å². The highest BCUT2D eigenvalue weighted by atomic mass is 19.1. The summed E-state index contributed by atoms with van der Waals surface area (Å²) in [5.74, 6) is -0.107. The van der Waals surface area contributed by atoms with E-state index in [9.17, 15) is 9.18 Å². The van der Waals surface area contributed by atoms with Crippen molar-refractivity contribution in [3.05, 3.63) is 35.6 Å². The van der Waals surface area contributed by atoms with Gasteiger partial charge in [0.1, 0.15) is 5.82 Å². The van der Waals surface area contributed by atoms with Gasteiger partial charge in [0.15, 0.2) is 0 Å². The van der Waals surface area contributed by atoms with Gasteiger partial charge >= 0.3 is 5.97 Å². The van der Waals surface area contributed by atoms with Crippen LogP contribution in [0.1, 0.15) is 31.7 Å². The summed E-state index contributed by atoms with van der Waals surface area (Å²) in [6.07, 6.45) is 0.333. The van der Waals surface area contributed by atoms with E-state index in [1.807, 2.05) is 13.8 Å². The number of rotatable bonds is 4. The zero-order valence-corrected chi connectivity index (χ0v) is 9.87. The zero-order chi connectivity index (χ0) is 12.1. The molecule has 3 heteroatoms. The molecule has 0 fully saturated rings. The van der Waals surface area contributed by atoms with Crippen LogP contribution in [0.4, 0.5) is 4.39 Å². The van der Waals surface area contributed by atoms with E-state index in [-0.39, 0.29) is 17.7 Å². The molecule has 2 nitrogen and oxygen atoms in total. The van der Waals surface area contributed by atoms with E-state index in [2.05, 4.69) is 4.74 Å². The highest BCUT2D eigenvalue weighted by Gasteiger charge is 2.19. The van der Waals surface area contributed by atoms with Crippen LogP contribution in [-0.2, 0) is 9.53 Å². The van der Waals surface area contributed by atoms with Crippen LogP contribution in [0, 0.1) is 11.7 Å². The monoisotopic (exact) mass is 224 g/mol. The summed E-state index contributed by atoms with van der Waals surface area (Å²) < 4.78 is 17.5. The number of hydrogen-bond donors (Lipinski definition) is 0. The van der Waals surface area contributed by atoms with Gasteiger partial charge in [0.05, 0.1) is 13.5 Å². The summed E-state index contributed by atoms with van der Waals surface area (Å²) in [4.78, 5) is 11.3. The summed E-state index contributed by atoms with van der Waals surface area (Å²) in [7, 11) is 1.38. The smallest absolute Gasteiger partial charge is 0.306 e. The SMILES string of the molecule is COC(=O)CC(c1ccc(F)cc1)C(C)C. The molecule has 0 saturated carbocycles. The first-order chi connectivity index (χ1) is 7.54. The average molecular weight is 224 g/mol. The molecule has 0 aliphatic rings. The Morgan fingerprint density at radius 2 is 1.88 bits per heavy atom. The van der Waals surface area contributed by atoms with E-state index >= 15 is 0 Å². The molecule has 1 aromatic rings. The molecule has 0 heterocycles. The summed E-state index contributed by atoms with van der Waals surface area (Å²) in [6, 6.07) is 6.29. The largest absolute Gasteiger partial charge is 0.469 e. The van der Waals surface area contributed by atoms with Crippen LogP contribution in [0.25, 0.3) is 0 Å². The Balaban J connectivity index is 2.85. The highest BCUT2D eigenvalue weighted by molar-refractivity contribution is 5.70. The number of carbonyl (C=O) groups excluding carboxylic acids is 1. The van der Waals surface area contributed by atoms with Crippen LogP contribution in [-0.4, -0.2) is 13.1 Å². The second-order valence-electron chi connectivity index (χ2n) is 4.18. The molecule has 0 amide bonds. The van der Waals surface area contributed by atoms with Crippen LogP contribution < -0.4 is 0 Å². The Bertz CT molecular complexity index is 343. The lowest BCUT2D eigenvalue weighted by molar-refractivity contribution is -0.141. The van der Waals surface area contributed by atoms with Crippen LogP contribution in [0.15, 0.2) is 24.3 Å². The van der Waals surface area contributed by atoms with Gasteiger partial charge < -0.3 is 4.74 Å². The number of carbonyl (C=O) groups is 1. The molecule has 1 aromatic carbocycles. The lowest BCUT2D eigenvalue weighted by atomic mass is 9.86. The molecule has 0 aliphatic heterocycles. The van der Waals surface area contributed by atoms with Crippen LogP contribution >= 0.6 is 0 Å². The molecule has 0 bridgehead atoms. The van der Waals surface area contributed by atoms with Crippen molar-refractivity contribution in [1.29, 1.82) is 0 Å². The third-order valence-corrected chi connectivity index (χ3v) is 2.72. The Morgan fingerprint density at radius 1 is 1.31 bits per heavy atom. The van der Waals surface area contributed by atoms with Crippen molar-refractivity contribution in [2.45, 2.75) is 26.2 Å². The molecule has 0 aliphatic carbocycles. The molecule has 0 aromatic heterocycles. The van der Waals surface area contributed by atoms with Crippen molar-refractivity contribution >= 4 is 5.97 Å². The predicted molar refractivity (Wildman–Crippen MR) is 60.6 cm³/mol. The minimum atomic E-state index is -0.260. The van der Waals surface area contributed by atoms with E-state index in [0.29, 0.717) is 12.3 Å². The fraction of sp³-hybridized carbons (Fsp3) is 0.462. The van der Waals surface area contributed by atoms with Gasteiger partial charge in [-0.1, -0.05) is 26.0 Å². The second-order valence-corrected chi connectivity index (χ2v) is 4.18. The molecular weight excluding hydrogens is 207 g/mol. The fourth-order valence-corrected chi connectivity index (χ4v) is 1.71. The van der Waals surface area contributed by atoms with E-state index < -0.39 is 0 Å². The first kappa shape index (κ1) is 12.7. The van der Waals surface area contributed by atoms with Crippen molar-refractivity contribution < 1.29 is 13.9 Å². The maximum Gasteiger partial charge on any atom is 0.306 e. The maximum absolute atomic E-state index is 12.8. The summed E-state index contributed by atoms with van der Waals surface area (Å²) >= 11 is 0. The number of methoxy groups -OCH3 is 1. The standard InChI is InChI=1S/C13H17FO2/c1-9(2)12(8-13(15)16-3)10-4-6-11(14)7-5-10/h4-7,9,12H,8H2,1-3H3. The molecule has 88 valence electrons. The Morgan fingerprint density at radius 3 is 2.31 bits per heavy atom. The average Bonchev–Trinajstić information content (AvgIpc) is 2.26. The van der Waals surface area contributed by atoms with Gasteiger partial charge in [0.2, 0.25) is 0 Å². The molecule has 1 atom stereocenters. The Hall–Kier alpha value is -1.38. The van der Waals surface area contributed by atoms with Gasteiger partial charge in [-0.2, -0.15) is 0 Å². The molecule has 1 rings (SSSR count). The number of hydrogen-bond acceptors (Lipinski definition) is 2. The van der Waals surface area contributed by atoms with Gasteiger partial charge in [0, 0.05) is 0 Å². The van der Waals surface area contributed by atoms with Gasteiger partial charge in [-0.3, -0.25) is 4.79 Å². The first-order valence-electron chi connectivity index (χ1n) is 5.37. The molecule has 0 N–H and O–H groups in total. The molecule has 16 heavy (non-hydrogen) atoms. The number of halogens is 1. The molecule has 0 radical (unpaired) electrons. The second kappa shape index (κ2) is 5.64. The topological polar surface area (TPSA) is 26.3 Å². The Kier molecular flexibility index (Phi) is 4.47. The van der Waals surface area contributed by atoms with Gasteiger partial charge in [-0.15, -0.1) is 0 Å². The summed E-state index contributed by atoms with van der Waals surface area (Å²) in [6.45, 7) is 4.08. The third kappa shape index (κ3) is 3.33. The van der Waals surface area contributed by atoms with Crippen molar-refractivity contribution in [2.24, 2.45) is 5.92 Å². The first-order valence-corrected chi connectivity index (χ1v) is 5.37. The minimum Gasteiger partial charge on any atom is -0.469 e. The van der Waals surface area contributed by atoms with Crippen molar-refractivity contribution in [3.63, 3.8) is 0 Å². The van der Waals surface area contributed by atoms with Crippen LogP contribution in [0.2, 0.25) is 0 Å². The van der Waals surface area contributed by atoms with Gasteiger partial charge in [-0.25, -0.2) is 4.39 Å². The molecule has 1 unspecified atom stereocenters. The normalized spacial score (nSPS) is 12.6. The number of esters is 1. The van der Waals surface area contributed by atoms with E-state index in [1.165, 1.54) is 19.2 Å². The van der Waals surface area contributed by atoms with Gasteiger partial charge in [-0.05, 0) is 29.5 Å². The quantitative estimate of drug-likeness (QED) is 0.734. The van der Waals surface area contributed by atoms with E-state index in [4.69, 9.17) is 0 Å². The van der Waals surface area contributed by atoms with Crippen molar-refractivity contribution in [3.8, 4) is 0 Å². The van der Waals surface area contributed by atoms with E-state index in [0.717, 1.165) is 5.56 Å². The molecule has 0 spiro atoms. The fourth-order valence-electron chi connectivity index (χ4n) is 1.71. The van der Waals surface area contributed by atoms with E-state index in [1.54, 1.807) is 12.1 Å². The summed E-state index contributed by atoms with van der Waals surface area (Å²) in [5, 5.41) is 0. The lowest BCUT2D eigenvalue weighted by Gasteiger charge is -2.20.